The van der Waals surface area contributed by atoms with Gasteiger partial charge in [-0.15, -0.1) is 0 Å². The second kappa shape index (κ2) is 19.0. The molecular formula is C33H43F3N4O12. The Balaban J connectivity index is 0.00000174. The number of carboxylic acid groups (broad SMARTS) is 2. The molecule has 2 rings (SSSR count). The Bertz CT molecular complexity index is 1600. The molecular weight excluding hydrogens is 701 g/mol. The van der Waals surface area contributed by atoms with Gasteiger partial charge < -0.3 is 50.6 Å². The van der Waals surface area contributed by atoms with Crippen LogP contribution in [0.3, 0.4) is 0 Å². The van der Waals surface area contributed by atoms with Crippen molar-refractivity contribution in [3.63, 3.8) is 0 Å². The molecule has 16 nitrogen and oxygen atoms in total. The number of guanidine groups is 1. The standard InChI is InChI=1S/C31H42N4O10.C2HF3O2/c1-30(2,3)44-25(38)17-21(28(41)45-31(4,5)6)35-24(37)13-10-18-8-7-9-22(36)26(18)43-15-14-42-23-16-19(34-29(32)33)11-12-20(23)27(39)40;3-2(4,5)1(6)7/h7-9,11-12,16,21,36H,10,13-15,17H2,1-6H3,(H,35,37)(H,39,40)(H4,32,33,34);(H,6,7). The lowest BCUT2D eigenvalue weighted by atomic mass is 10.1. The number of aromatic carboxylic acids is 1. The summed E-state index contributed by atoms with van der Waals surface area (Å²) in [5.41, 5.74) is 4.41. The molecule has 0 heterocycles. The van der Waals surface area contributed by atoms with Crippen LogP contribution in [0.5, 0.6) is 17.2 Å². The van der Waals surface area contributed by atoms with Gasteiger partial charge in [-0.1, -0.05) is 12.1 Å². The van der Waals surface area contributed by atoms with E-state index in [4.69, 9.17) is 40.0 Å². The van der Waals surface area contributed by atoms with Crippen LogP contribution in [0.25, 0.3) is 0 Å². The van der Waals surface area contributed by atoms with Crippen LogP contribution in [0.4, 0.5) is 18.9 Å². The van der Waals surface area contributed by atoms with Gasteiger partial charge in [-0.05, 0) is 71.7 Å². The third-order valence-corrected chi connectivity index (χ3v) is 5.84. The van der Waals surface area contributed by atoms with Crippen molar-refractivity contribution in [3.05, 3.63) is 47.5 Å². The summed E-state index contributed by atoms with van der Waals surface area (Å²) in [5, 5.41) is 39.5. The van der Waals surface area contributed by atoms with Crippen LogP contribution in [0, 0.1) is 5.41 Å². The summed E-state index contributed by atoms with van der Waals surface area (Å²) < 4.78 is 53.8. The minimum absolute atomic E-state index is 0.0115. The van der Waals surface area contributed by atoms with Crippen molar-refractivity contribution in [2.24, 2.45) is 5.73 Å². The number of halogens is 3. The van der Waals surface area contributed by atoms with Gasteiger partial charge >= 0.3 is 30.1 Å². The molecule has 2 aromatic rings. The number of carbonyl (C=O) groups excluding carboxylic acids is 3. The number of aromatic hydroxyl groups is 1. The number of esters is 2. The van der Waals surface area contributed by atoms with Gasteiger partial charge in [0.2, 0.25) is 5.91 Å². The molecule has 1 atom stereocenters. The fraction of sp³-hybridized carbons (Fsp3) is 0.455. The van der Waals surface area contributed by atoms with Crippen LogP contribution in [0.15, 0.2) is 36.4 Å². The van der Waals surface area contributed by atoms with E-state index in [1.54, 1.807) is 53.7 Å². The molecule has 0 saturated heterocycles. The third kappa shape index (κ3) is 17.3. The summed E-state index contributed by atoms with van der Waals surface area (Å²) in [6.45, 7) is 9.85. The van der Waals surface area contributed by atoms with Gasteiger partial charge in [0.1, 0.15) is 41.8 Å². The highest BCUT2D eigenvalue weighted by Gasteiger charge is 2.38. The molecule has 0 aliphatic rings. The number of nitrogens with two attached hydrogens (primary N) is 1. The predicted octanol–water partition coefficient (Wildman–Crippen LogP) is 3.98. The number of carbonyl (C=O) groups is 5. The number of hydrogen-bond acceptors (Lipinski definition) is 11. The number of benzene rings is 2. The fourth-order valence-electron chi connectivity index (χ4n) is 3.91. The van der Waals surface area contributed by atoms with Gasteiger partial charge in [0.05, 0.1) is 6.42 Å². The van der Waals surface area contributed by atoms with Crippen molar-refractivity contribution < 1.29 is 71.4 Å². The number of rotatable bonds is 14. The molecule has 1 unspecified atom stereocenters. The molecule has 0 radical (unpaired) electrons. The average molecular weight is 745 g/mol. The molecule has 8 N–H and O–H groups in total. The zero-order valence-electron chi connectivity index (χ0n) is 29.3. The zero-order chi connectivity index (χ0) is 40.0. The summed E-state index contributed by atoms with van der Waals surface area (Å²) >= 11 is 0. The highest BCUT2D eigenvalue weighted by atomic mass is 19.4. The summed E-state index contributed by atoms with van der Waals surface area (Å²) in [7, 11) is 0. The molecule has 2 aromatic carbocycles. The Hall–Kier alpha value is -5.75. The van der Waals surface area contributed by atoms with Crippen LogP contribution < -0.4 is 25.8 Å². The van der Waals surface area contributed by atoms with E-state index in [0.717, 1.165) is 0 Å². The number of phenolic OH excluding ortho intramolecular Hbond substituents is 1. The Kier molecular flexibility index (Phi) is 16.2. The normalized spacial score (nSPS) is 11.9. The minimum Gasteiger partial charge on any atom is -0.504 e. The molecule has 288 valence electrons. The molecule has 0 aliphatic carbocycles. The molecule has 52 heavy (non-hydrogen) atoms. The van der Waals surface area contributed by atoms with Gasteiger partial charge in [-0.3, -0.25) is 15.0 Å². The van der Waals surface area contributed by atoms with Crippen molar-refractivity contribution >= 4 is 41.4 Å². The molecule has 0 aliphatic heterocycles. The highest BCUT2D eigenvalue weighted by molar-refractivity contribution is 5.94. The SMILES string of the molecule is CC(C)(C)OC(=O)CC(NC(=O)CCc1cccc(O)c1OCCOc1cc(NC(=N)N)ccc1C(=O)O)C(=O)OC(C)(C)C.O=C(O)C(F)(F)F. The van der Waals surface area contributed by atoms with E-state index in [0.29, 0.717) is 11.3 Å². The quantitative estimate of drug-likeness (QED) is 0.0625. The largest absolute Gasteiger partial charge is 0.504 e. The number of aliphatic carboxylic acids is 1. The number of alkyl halides is 3. The maximum atomic E-state index is 12.9. The van der Waals surface area contributed by atoms with Crippen molar-refractivity contribution in [1.82, 2.24) is 5.32 Å². The van der Waals surface area contributed by atoms with Crippen molar-refractivity contribution in [1.29, 1.82) is 5.41 Å². The minimum atomic E-state index is -5.08. The Morgan fingerprint density at radius 2 is 1.48 bits per heavy atom. The van der Waals surface area contributed by atoms with E-state index in [2.05, 4.69) is 10.6 Å². The topological polar surface area (TPSA) is 257 Å². The number of ether oxygens (including phenoxy) is 4. The number of nitrogens with one attached hydrogen (secondary N) is 3. The third-order valence-electron chi connectivity index (χ3n) is 5.84. The maximum absolute atomic E-state index is 12.9. The second-order valence-corrected chi connectivity index (χ2v) is 12.8. The van der Waals surface area contributed by atoms with Crippen molar-refractivity contribution in [2.75, 3.05) is 18.5 Å². The first-order valence-corrected chi connectivity index (χ1v) is 15.4. The van der Waals surface area contributed by atoms with Gasteiger partial charge in [-0.2, -0.15) is 13.2 Å². The van der Waals surface area contributed by atoms with Crippen LogP contribution >= 0.6 is 0 Å². The molecule has 0 saturated carbocycles. The lowest BCUT2D eigenvalue weighted by Gasteiger charge is -2.25. The van der Waals surface area contributed by atoms with E-state index in [1.807, 2.05) is 0 Å². The number of carboxylic acids is 2. The summed E-state index contributed by atoms with van der Waals surface area (Å²) in [6.07, 6.45) is -5.52. The van der Waals surface area contributed by atoms with Crippen molar-refractivity contribution in [3.8, 4) is 17.2 Å². The number of anilines is 1. The fourth-order valence-corrected chi connectivity index (χ4v) is 3.91. The Labute approximate surface area is 296 Å². The predicted molar refractivity (Wildman–Crippen MR) is 178 cm³/mol. The molecule has 0 bridgehead atoms. The van der Waals surface area contributed by atoms with Gasteiger partial charge in [0.15, 0.2) is 17.5 Å². The smallest absolute Gasteiger partial charge is 0.490 e. The first-order chi connectivity index (χ1) is 23.8. The van der Waals surface area contributed by atoms with E-state index in [9.17, 15) is 42.6 Å². The number of para-hydroxylation sites is 1. The molecule has 19 heteroatoms. The molecule has 0 aromatic heterocycles. The molecule has 0 fully saturated rings. The number of phenols is 1. The van der Waals surface area contributed by atoms with Crippen LogP contribution in [-0.2, 0) is 35.1 Å². The Morgan fingerprint density at radius 3 is 2.00 bits per heavy atom. The van der Waals surface area contributed by atoms with E-state index in [-0.39, 0.29) is 54.8 Å². The highest BCUT2D eigenvalue weighted by Crippen LogP contribution is 2.31. The number of aryl methyl sites for hydroxylation is 1. The summed E-state index contributed by atoms with van der Waals surface area (Å²) in [6, 6.07) is 7.46. The lowest BCUT2D eigenvalue weighted by molar-refractivity contribution is -0.192. The van der Waals surface area contributed by atoms with Gasteiger partial charge in [0.25, 0.3) is 0 Å². The zero-order valence-corrected chi connectivity index (χ0v) is 29.3. The number of hydrogen-bond donors (Lipinski definition) is 7. The number of amides is 1. The lowest BCUT2D eigenvalue weighted by Crippen LogP contribution is -2.46. The van der Waals surface area contributed by atoms with Gasteiger partial charge in [0, 0.05) is 18.2 Å². The summed E-state index contributed by atoms with van der Waals surface area (Å²) in [4.78, 5) is 58.6. The maximum Gasteiger partial charge on any atom is 0.490 e. The van der Waals surface area contributed by atoms with E-state index >= 15 is 0 Å². The van der Waals surface area contributed by atoms with Crippen LogP contribution in [-0.4, -0.2) is 87.7 Å². The average Bonchev–Trinajstić information content (AvgIpc) is 2.96. The Morgan fingerprint density at radius 1 is 0.904 bits per heavy atom. The van der Waals surface area contributed by atoms with E-state index in [1.165, 1.54) is 24.3 Å². The van der Waals surface area contributed by atoms with Crippen LogP contribution in [0.1, 0.15) is 70.3 Å². The first-order valence-electron chi connectivity index (χ1n) is 15.4. The van der Waals surface area contributed by atoms with E-state index < -0.39 is 59.6 Å². The second-order valence-electron chi connectivity index (χ2n) is 12.8. The molecule has 0 spiro atoms. The van der Waals surface area contributed by atoms with Gasteiger partial charge in [-0.25, -0.2) is 14.4 Å². The monoisotopic (exact) mass is 744 g/mol. The molecule has 1 amide bonds. The van der Waals surface area contributed by atoms with Crippen molar-refractivity contribution in [2.45, 2.75) is 84.2 Å². The first kappa shape index (κ1) is 44.3. The van der Waals surface area contributed by atoms with Crippen LogP contribution in [0.2, 0.25) is 0 Å². The summed E-state index contributed by atoms with van der Waals surface area (Å²) in [5.74, 6) is -6.41.